The van der Waals surface area contributed by atoms with E-state index in [-0.39, 0.29) is 23.1 Å². The molecule has 0 aliphatic heterocycles. The van der Waals surface area contributed by atoms with Gasteiger partial charge in [0.2, 0.25) is 0 Å². The zero-order valence-electron chi connectivity index (χ0n) is 13.5. The Morgan fingerprint density at radius 1 is 1.35 bits per heavy atom. The molecule has 0 saturated heterocycles. The zero-order valence-corrected chi connectivity index (χ0v) is 13.5. The summed E-state index contributed by atoms with van der Waals surface area (Å²) in [4.78, 5) is 27.5. The van der Waals surface area contributed by atoms with E-state index in [2.05, 4.69) is 20.7 Å². The van der Waals surface area contributed by atoms with Crippen molar-refractivity contribution in [2.24, 2.45) is 0 Å². The molecule has 0 radical (unpaired) electrons. The van der Waals surface area contributed by atoms with Gasteiger partial charge in [-0.1, -0.05) is 6.07 Å². The van der Waals surface area contributed by atoms with Gasteiger partial charge >= 0.3 is 6.09 Å². The molecule has 1 amide bonds. The van der Waals surface area contributed by atoms with E-state index < -0.39 is 11.9 Å². The number of halogens is 1. The monoisotopic (exact) mass is 355 g/mol. The quantitative estimate of drug-likeness (QED) is 0.683. The third-order valence-corrected chi connectivity index (χ3v) is 3.75. The first-order chi connectivity index (χ1) is 12.6. The first kappa shape index (κ1) is 16.0. The van der Waals surface area contributed by atoms with Crippen molar-refractivity contribution in [3.05, 3.63) is 47.9 Å². The first-order valence-corrected chi connectivity index (χ1v) is 7.96. The minimum atomic E-state index is -0.611. The van der Waals surface area contributed by atoms with Crippen molar-refractivity contribution in [2.75, 3.05) is 10.6 Å². The molecule has 4 rings (SSSR count). The highest BCUT2D eigenvalue weighted by Gasteiger charge is 2.26. The normalized spacial score (nSPS) is 13.4. The van der Waals surface area contributed by atoms with Gasteiger partial charge in [0.15, 0.2) is 11.9 Å². The molecule has 26 heavy (non-hydrogen) atoms. The van der Waals surface area contributed by atoms with Crippen molar-refractivity contribution >= 4 is 35.3 Å². The molecular weight excluding hydrogens is 341 g/mol. The Morgan fingerprint density at radius 3 is 2.92 bits per heavy atom. The number of aromatic nitrogens is 3. The van der Waals surface area contributed by atoms with Gasteiger partial charge in [-0.05, 0) is 31.0 Å². The number of carbonyl (C=O) groups excluding carboxylic acids is 2. The summed E-state index contributed by atoms with van der Waals surface area (Å²) in [5, 5.41) is 9.61. The van der Waals surface area contributed by atoms with Gasteiger partial charge in [0.05, 0.1) is 11.8 Å². The van der Waals surface area contributed by atoms with E-state index in [9.17, 15) is 14.0 Å². The molecule has 1 aromatic carbocycles. The number of anilines is 3. The lowest BCUT2D eigenvalue weighted by Crippen LogP contribution is -2.17. The highest BCUT2D eigenvalue weighted by molar-refractivity contribution is 5.88. The zero-order chi connectivity index (χ0) is 18.1. The van der Waals surface area contributed by atoms with Crippen LogP contribution >= 0.6 is 0 Å². The summed E-state index contributed by atoms with van der Waals surface area (Å²) >= 11 is 0. The number of rotatable bonds is 5. The fourth-order valence-electron chi connectivity index (χ4n) is 2.40. The number of nitrogens with one attached hydrogen (secondary N) is 2. The number of fused-ring (bicyclic) bond motifs is 1. The molecule has 0 bridgehead atoms. The van der Waals surface area contributed by atoms with Crippen LogP contribution in [0.3, 0.4) is 0 Å². The predicted octanol–water partition coefficient (Wildman–Crippen LogP) is 3.14. The van der Waals surface area contributed by atoms with Gasteiger partial charge in [0.1, 0.15) is 23.6 Å². The summed E-state index contributed by atoms with van der Waals surface area (Å²) < 4.78 is 19.9. The van der Waals surface area contributed by atoms with E-state index >= 15 is 0 Å². The number of ether oxygens (including phenoxy) is 1. The number of hydrogen-bond donors (Lipinski definition) is 2. The van der Waals surface area contributed by atoms with Crippen LogP contribution in [-0.4, -0.2) is 33.1 Å². The summed E-state index contributed by atoms with van der Waals surface area (Å²) in [6.45, 7) is 0. The number of benzene rings is 1. The minimum Gasteiger partial charge on any atom is -0.446 e. The molecule has 132 valence electrons. The van der Waals surface area contributed by atoms with Crippen LogP contribution in [0, 0.1) is 5.82 Å². The molecule has 1 aliphatic carbocycles. The van der Waals surface area contributed by atoms with Crippen LogP contribution in [0.25, 0.3) is 5.65 Å². The molecule has 2 N–H and O–H groups in total. The topological polar surface area (TPSA) is 97.6 Å². The Morgan fingerprint density at radius 2 is 2.19 bits per heavy atom. The van der Waals surface area contributed by atoms with E-state index in [0.29, 0.717) is 17.8 Å². The van der Waals surface area contributed by atoms with Crippen LogP contribution in [0.5, 0.6) is 0 Å². The second kappa shape index (κ2) is 6.43. The van der Waals surface area contributed by atoms with Crippen molar-refractivity contribution in [1.29, 1.82) is 0 Å². The molecule has 2 aromatic heterocycles. The molecule has 2 heterocycles. The molecule has 9 heteroatoms. The minimum absolute atomic E-state index is 0.0552. The lowest BCUT2D eigenvalue weighted by atomic mass is 10.3. The van der Waals surface area contributed by atoms with Crippen LogP contribution in [0.2, 0.25) is 0 Å². The smallest absolute Gasteiger partial charge is 0.413 e. The predicted molar refractivity (Wildman–Crippen MR) is 91.2 cm³/mol. The third-order valence-electron chi connectivity index (χ3n) is 3.75. The maximum absolute atomic E-state index is 13.4. The van der Waals surface area contributed by atoms with Crippen LogP contribution in [0.1, 0.15) is 23.2 Å². The van der Waals surface area contributed by atoms with Crippen LogP contribution in [0.15, 0.2) is 36.5 Å². The number of carbonyl (C=O) groups is 2. The lowest BCUT2D eigenvalue weighted by Gasteiger charge is -2.11. The summed E-state index contributed by atoms with van der Waals surface area (Å²) in [5.74, 6) is 0.182. The second-order valence-electron chi connectivity index (χ2n) is 5.84. The standard InChI is InChI=1S/C17H14FN5O3/c18-11-2-1-3-12(6-11)20-14-7-15(22-17(25)26-13-4-5-13)23-16(21-14)10(9-24)8-19-23/h1-3,6-9,13H,4-5H2,(H,20,21)(H,22,25). The van der Waals surface area contributed by atoms with E-state index in [1.807, 2.05) is 0 Å². The highest BCUT2D eigenvalue weighted by atomic mass is 19.1. The Balaban J connectivity index is 1.70. The average Bonchev–Trinajstić information content (AvgIpc) is 3.31. The maximum atomic E-state index is 13.4. The molecule has 1 aliphatic rings. The van der Waals surface area contributed by atoms with E-state index in [1.165, 1.54) is 28.9 Å². The van der Waals surface area contributed by atoms with Gasteiger partial charge in [-0.25, -0.2) is 14.2 Å². The Bertz CT molecular complexity index is 999. The maximum Gasteiger partial charge on any atom is 0.413 e. The van der Waals surface area contributed by atoms with Gasteiger partial charge in [0, 0.05) is 11.8 Å². The van der Waals surface area contributed by atoms with E-state index in [0.717, 1.165) is 12.8 Å². The summed E-state index contributed by atoms with van der Waals surface area (Å²) in [6.07, 6.45) is 3.00. The van der Waals surface area contributed by atoms with Crippen molar-refractivity contribution in [3.63, 3.8) is 0 Å². The summed E-state index contributed by atoms with van der Waals surface area (Å²) in [5.41, 5.74) is 0.982. The molecule has 8 nitrogen and oxygen atoms in total. The highest BCUT2D eigenvalue weighted by Crippen LogP contribution is 2.25. The fraction of sp³-hybridized carbons (Fsp3) is 0.176. The molecule has 1 saturated carbocycles. The van der Waals surface area contributed by atoms with E-state index in [4.69, 9.17) is 4.74 Å². The fourth-order valence-corrected chi connectivity index (χ4v) is 2.40. The summed E-state index contributed by atoms with van der Waals surface area (Å²) in [7, 11) is 0. The van der Waals surface area contributed by atoms with Crippen LogP contribution < -0.4 is 10.6 Å². The Hall–Kier alpha value is -3.49. The van der Waals surface area contributed by atoms with Crippen molar-refractivity contribution < 1.29 is 18.7 Å². The number of nitrogens with zero attached hydrogens (tertiary/aromatic N) is 3. The van der Waals surface area contributed by atoms with Gasteiger partial charge in [-0.2, -0.15) is 9.61 Å². The first-order valence-electron chi connectivity index (χ1n) is 7.96. The van der Waals surface area contributed by atoms with Gasteiger partial charge in [-0.15, -0.1) is 0 Å². The molecule has 1 fully saturated rings. The number of amides is 1. The molecule has 0 atom stereocenters. The number of aldehydes is 1. The van der Waals surface area contributed by atoms with Crippen molar-refractivity contribution in [2.45, 2.75) is 18.9 Å². The van der Waals surface area contributed by atoms with Gasteiger partial charge in [0.25, 0.3) is 0 Å². The molecule has 0 spiro atoms. The SMILES string of the molecule is O=Cc1cnn2c(NC(=O)OC3CC3)cc(Nc3cccc(F)c3)nc12. The molecule has 0 unspecified atom stereocenters. The second-order valence-corrected chi connectivity index (χ2v) is 5.84. The Labute approximate surface area is 147 Å². The van der Waals surface area contributed by atoms with Crippen LogP contribution in [-0.2, 0) is 4.74 Å². The average molecular weight is 355 g/mol. The molecular formula is C17H14FN5O3. The van der Waals surface area contributed by atoms with Crippen LogP contribution in [0.4, 0.5) is 26.5 Å². The van der Waals surface area contributed by atoms with Crippen molar-refractivity contribution in [1.82, 2.24) is 14.6 Å². The third kappa shape index (κ3) is 3.32. The van der Waals surface area contributed by atoms with Gasteiger partial charge in [-0.3, -0.25) is 10.1 Å². The number of hydrogen-bond acceptors (Lipinski definition) is 6. The molecule has 3 aromatic rings. The van der Waals surface area contributed by atoms with E-state index in [1.54, 1.807) is 12.1 Å². The summed E-state index contributed by atoms with van der Waals surface area (Å²) in [6, 6.07) is 7.37. The Kier molecular flexibility index (Phi) is 3.96. The van der Waals surface area contributed by atoms with Crippen molar-refractivity contribution in [3.8, 4) is 0 Å². The largest absolute Gasteiger partial charge is 0.446 e. The lowest BCUT2D eigenvalue weighted by molar-refractivity contribution is 0.112. The van der Waals surface area contributed by atoms with Gasteiger partial charge < -0.3 is 10.1 Å².